The van der Waals surface area contributed by atoms with Crippen molar-refractivity contribution in [1.29, 1.82) is 0 Å². The van der Waals surface area contributed by atoms with Crippen molar-refractivity contribution in [2.45, 2.75) is 6.92 Å². The third-order valence-electron chi connectivity index (χ3n) is 3.53. The molecule has 2 aromatic carbocycles. The number of anilines is 1. The van der Waals surface area contributed by atoms with Crippen LogP contribution in [-0.2, 0) is 0 Å². The average molecular weight is 292 g/mol. The largest absolute Gasteiger partial charge is 0.495 e. The Morgan fingerprint density at radius 2 is 2.05 bits per heavy atom. The molecule has 0 unspecified atom stereocenters. The maximum Gasteiger partial charge on any atom is 0.256 e. The SMILES string of the molecule is COc1ccc(C)cc1NC(=O)c1cccc2ccncc12. The first-order chi connectivity index (χ1) is 10.7. The van der Waals surface area contributed by atoms with Gasteiger partial charge in [-0.25, -0.2) is 0 Å². The highest BCUT2D eigenvalue weighted by molar-refractivity contribution is 6.13. The van der Waals surface area contributed by atoms with E-state index in [1.807, 2.05) is 43.3 Å². The van der Waals surface area contributed by atoms with Gasteiger partial charge in [-0.3, -0.25) is 9.78 Å². The summed E-state index contributed by atoms with van der Waals surface area (Å²) in [6.07, 6.45) is 3.42. The van der Waals surface area contributed by atoms with Crippen molar-refractivity contribution in [2.24, 2.45) is 0 Å². The van der Waals surface area contributed by atoms with Crippen LogP contribution in [-0.4, -0.2) is 18.0 Å². The molecule has 0 aliphatic heterocycles. The van der Waals surface area contributed by atoms with E-state index in [-0.39, 0.29) is 5.91 Å². The molecule has 0 saturated carbocycles. The molecule has 3 rings (SSSR count). The van der Waals surface area contributed by atoms with Crippen molar-refractivity contribution in [2.75, 3.05) is 12.4 Å². The molecule has 1 aromatic heterocycles. The van der Waals surface area contributed by atoms with Crippen LogP contribution >= 0.6 is 0 Å². The van der Waals surface area contributed by atoms with Gasteiger partial charge in [0, 0.05) is 23.3 Å². The van der Waals surface area contributed by atoms with Gasteiger partial charge in [0.05, 0.1) is 12.8 Å². The first kappa shape index (κ1) is 14.1. The van der Waals surface area contributed by atoms with Crippen LogP contribution in [0.1, 0.15) is 15.9 Å². The molecule has 110 valence electrons. The number of fused-ring (bicyclic) bond motifs is 1. The van der Waals surface area contributed by atoms with E-state index >= 15 is 0 Å². The first-order valence-electron chi connectivity index (χ1n) is 6.98. The lowest BCUT2D eigenvalue weighted by molar-refractivity contribution is 0.102. The van der Waals surface area contributed by atoms with Gasteiger partial charge < -0.3 is 10.1 Å². The summed E-state index contributed by atoms with van der Waals surface area (Å²) >= 11 is 0. The molecular weight excluding hydrogens is 276 g/mol. The van der Waals surface area contributed by atoms with Gasteiger partial charge >= 0.3 is 0 Å². The van der Waals surface area contributed by atoms with Gasteiger partial charge in [0.2, 0.25) is 0 Å². The predicted molar refractivity (Wildman–Crippen MR) is 87.4 cm³/mol. The molecule has 4 nitrogen and oxygen atoms in total. The summed E-state index contributed by atoms with van der Waals surface area (Å²) in [6, 6.07) is 13.2. The van der Waals surface area contributed by atoms with E-state index < -0.39 is 0 Å². The van der Waals surface area contributed by atoms with Gasteiger partial charge in [0.1, 0.15) is 5.75 Å². The molecule has 0 spiro atoms. The average Bonchev–Trinajstić information content (AvgIpc) is 2.54. The topological polar surface area (TPSA) is 51.2 Å². The van der Waals surface area contributed by atoms with Crippen LogP contribution in [0.15, 0.2) is 54.9 Å². The van der Waals surface area contributed by atoms with E-state index in [1.54, 1.807) is 25.6 Å². The molecule has 0 fully saturated rings. The summed E-state index contributed by atoms with van der Waals surface area (Å²) in [4.78, 5) is 16.7. The fourth-order valence-corrected chi connectivity index (χ4v) is 2.42. The van der Waals surface area contributed by atoms with Crippen LogP contribution in [0.5, 0.6) is 5.75 Å². The number of methoxy groups -OCH3 is 1. The number of nitrogens with one attached hydrogen (secondary N) is 1. The Bertz CT molecular complexity index is 838. The molecule has 1 N–H and O–H groups in total. The number of rotatable bonds is 3. The number of carbonyl (C=O) groups is 1. The second kappa shape index (κ2) is 5.85. The molecule has 0 saturated heterocycles. The number of hydrogen-bond acceptors (Lipinski definition) is 3. The molecule has 1 amide bonds. The molecule has 0 aliphatic rings. The Morgan fingerprint density at radius 1 is 1.18 bits per heavy atom. The van der Waals surface area contributed by atoms with Gasteiger partial charge in [0.15, 0.2) is 0 Å². The lowest BCUT2D eigenvalue weighted by Crippen LogP contribution is -2.13. The molecule has 22 heavy (non-hydrogen) atoms. The van der Waals surface area contributed by atoms with E-state index in [1.165, 1.54) is 0 Å². The summed E-state index contributed by atoms with van der Waals surface area (Å²) in [6.45, 7) is 1.97. The minimum absolute atomic E-state index is 0.178. The molecule has 0 radical (unpaired) electrons. The molecule has 0 atom stereocenters. The van der Waals surface area contributed by atoms with Crippen LogP contribution in [0.2, 0.25) is 0 Å². The fraction of sp³-hybridized carbons (Fsp3) is 0.111. The Hall–Kier alpha value is -2.88. The van der Waals surface area contributed by atoms with Gasteiger partial charge in [-0.1, -0.05) is 18.2 Å². The molecular formula is C18H16N2O2. The normalized spacial score (nSPS) is 10.5. The van der Waals surface area contributed by atoms with Gasteiger partial charge in [-0.15, -0.1) is 0 Å². The number of ether oxygens (including phenoxy) is 1. The number of hydrogen-bond donors (Lipinski definition) is 1. The number of amides is 1. The van der Waals surface area contributed by atoms with Crippen molar-refractivity contribution in [3.8, 4) is 5.75 Å². The second-order valence-corrected chi connectivity index (χ2v) is 5.06. The van der Waals surface area contributed by atoms with E-state index in [4.69, 9.17) is 4.74 Å². The minimum atomic E-state index is -0.178. The highest BCUT2D eigenvalue weighted by Crippen LogP contribution is 2.26. The monoisotopic (exact) mass is 292 g/mol. The predicted octanol–water partition coefficient (Wildman–Crippen LogP) is 3.80. The van der Waals surface area contributed by atoms with Crippen LogP contribution in [0, 0.1) is 6.92 Å². The van der Waals surface area contributed by atoms with Crippen LogP contribution in [0.3, 0.4) is 0 Å². The van der Waals surface area contributed by atoms with Gasteiger partial charge in [0.25, 0.3) is 5.91 Å². The van der Waals surface area contributed by atoms with Crippen molar-refractivity contribution < 1.29 is 9.53 Å². The lowest BCUT2D eigenvalue weighted by atomic mass is 10.1. The summed E-state index contributed by atoms with van der Waals surface area (Å²) in [5.74, 6) is 0.458. The van der Waals surface area contributed by atoms with E-state index in [0.29, 0.717) is 17.0 Å². The summed E-state index contributed by atoms with van der Waals surface area (Å²) < 4.78 is 5.30. The zero-order valence-corrected chi connectivity index (χ0v) is 12.5. The minimum Gasteiger partial charge on any atom is -0.495 e. The number of pyridine rings is 1. The smallest absolute Gasteiger partial charge is 0.256 e. The van der Waals surface area contributed by atoms with Crippen LogP contribution < -0.4 is 10.1 Å². The van der Waals surface area contributed by atoms with Crippen molar-refractivity contribution >= 4 is 22.4 Å². The van der Waals surface area contributed by atoms with E-state index in [2.05, 4.69) is 10.3 Å². The molecule has 0 bridgehead atoms. The highest BCUT2D eigenvalue weighted by Gasteiger charge is 2.12. The number of aryl methyl sites for hydroxylation is 1. The van der Waals surface area contributed by atoms with Crippen molar-refractivity contribution in [3.05, 3.63) is 66.0 Å². The maximum atomic E-state index is 12.6. The summed E-state index contributed by atoms with van der Waals surface area (Å²) in [5, 5.41) is 4.73. The first-order valence-corrected chi connectivity index (χ1v) is 6.98. The quantitative estimate of drug-likeness (QED) is 0.798. The fourth-order valence-electron chi connectivity index (χ4n) is 2.42. The highest BCUT2D eigenvalue weighted by atomic mass is 16.5. The Kier molecular flexibility index (Phi) is 3.74. The second-order valence-electron chi connectivity index (χ2n) is 5.06. The van der Waals surface area contributed by atoms with Crippen LogP contribution in [0.25, 0.3) is 10.8 Å². The number of nitrogens with zero attached hydrogens (tertiary/aromatic N) is 1. The van der Waals surface area contributed by atoms with E-state index in [0.717, 1.165) is 16.3 Å². The molecule has 4 heteroatoms. The summed E-state index contributed by atoms with van der Waals surface area (Å²) in [7, 11) is 1.59. The third-order valence-corrected chi connectivity index (χ3v) is 3.53. The Balaban J connectivity index is 1.99. The van der Waals surface area contributed by atoms with E-state index in [9.17, 15) is 4.79 Å². The van der Waals surface area contributed by atoms with Crippen molar-refractivity contribution in [1.82, 2.24) is 4.98 Å². The molecule has 3 aromatic rings. The zero-order chi connectivity index (χ0) is 15.5. The number of carbonyl (C=O) groups excluding carboxylic acids is 1. The van der Waals surface area contributed by atoms with Crippen molar-refractivity contribution in [3.63, 3.8) is 0 Å². The Labute approximate surface area is 128 Å². The summed E-state index contributed by atoms with van der Waals surface area (Å²) in [5.41, 5.74) is 2.30. The van der Waals surface area contributed by atoms with Gasteiger partial charge in [-0.05, 0) is 42.1 Å². The van der Waals surface area contributed by atoms with Crippen LogP contribution in [0.4, 0.5) is 5.69 Å². The van der Waals surface area contributed by atoms with Gasteiger partial charge in [-0.2, -0.15) is 0 Å². The lowest BCUT2D eigenvalue weighted by Gasteiger charge is -2.12. The zero-order valence-electron chi connectivity index (χ0n) is 12.5. The number of aromatic nitrogens is 1. The third kappa shape index (κ3) is 2.63. The molecule has 1 heterocycles. The standard InChI is InChI=1S/C18H16N2O2/c1-12-6-7-17(22-2)16(10-12)20-18(21)14-5-3-4-13-8-9-19-11-15(13)14/h3-11H,1-2H3,(H,20,21). The maximum absolute atomic E-state index is 12.6. The molecule has 0 aliphatic carbocycles. The Morgan fingerprint density at radius 3 is 2.86 bits per heavy atom. The number of benzene rings is 2.